The van der Waals surface area contributed by atoms with E-state index in [1.807, 2.05) is 37.3 Å². The normalized spacial score (nSPS) is 10.7. The Morgan fingerprint density at radius 2 is 1.80 bits per heavy atom. The molecule has 2 aromatic carbocycles. The molecule has 1 N–H and O–H groups in total. The van der Waals surface area contributed by atoms with Gasteiger partial charge in [0.15, 0.2) is 11.5 Å². The standard InChI is InChI=1S/C20H25BrClNO2/c1-3-5-10-23-13-16-11-18(21)20(19(12-16)24-4-2)25-14-15-6-8-17(22)9-7-15/h6-9,11-12,23H,3-5,10,13-14H2,1-2H3. The number of nitrogens with one attached hydrogen (secondary N) is 1. The Kier molecular flexibility index (Phi) is 8.59. The van der Waals surface area contributed by atoms with Crippen LogP contribution in [0.5, 0.6) is 11.5 Å². The molecule has 0 aliphatic rings. The molecular formula is C20H25BrClNO2. The second-order valence-electron chi connectivity index (χ2n) is 5.78. The van der Waals surface area contributed by atoms with Gasteiger partial charge in [-0.25, -0.2) is 0 Å². The molecule has 0 saturated heterocycles. The van der Waals surface area contributed by atoms with E-state index in [1.165, 1.54) is 18.4 Å². The van der Waals surface area contributed by atoms with Gasteiger partial charge in [0.2, 0.25) is 0 Å². The number of hydrogen-bond donors (Lipinski definition) is 1. The van der Waals surface area contributed by atoms with Gasteiger partial charge in [0.1, 0.15) is 6.61 Å². The second-order valence-corrected chi connectivity index (χ2v) is 7.07. The molecule has 0 unspecified atom stereocenters. The van der Waals surface area contributed by atoms with E-state index >= 15 is 0 Å². The molecule has 3 nitrogen and oxygen atoms in total. The zero-order valence-electron chi connectivity index (χ0n) is 14.8. The average Bonchev–Trinajstić information content (AvgIpc) is 2.60. The predicted molar refractivity (Wildman–Crippen MR) is 108 cm³/mol. The minimum atomic E-state index is 0.462. The van der Waals surface area contributed by atoms with Crippen LogP contribution in [0.4, 0.5) is 0 Å². The van der Waals surface area contributed by atoms with Gasteiger partial charge >= 0.3 is 0 Å². The molecule has 0 radical (unpaired) electrons. The van der Waals surface area contributed by atoms with Crippen molar-refractivity contribution in [1.82, 2.24) is 5.32 Å². The van der Waals surface area contributed by atoms with Crippen molar-refractivity contribution in [1.29, 1.82) is 0 Å². The highest BCUT2D eigenvalue weighted by atomic mass is 79.9. The maximum atomic E-state index is 6.01. The fourth-order valence-electron chi connectivity index (χ4n) is 2.40. The SMILES string of the molecule is CCCCNCc1cc(Br)c(OCc2ccc(Cl)cc2)c(OCC)c1. The highest BCUT2D eigenvalue weighted by Gasteiger charge is 2.12. The van der Waals surface area contributed by atoms with Gasteiger partial charge in [0.25, 0.3) is 0 Å². The highest BCUT2D eigenvalue weighted by Crippen LogP contribution is 2.37. The van der Waals surface area contributed by atoms with Crippen molar-refractivity contribution in [2.75, 3.05) is 13.2 Å². The topological polar surface area (TPSA) is 30.5 Å². The van der Waals surface area contributed by atoms with Crippen LogP contribution in [0, 0.1) is 0 Å². The molecule has 0 aliphatic heterocycles. The maximum Gasteiger partial charge on any atom is 0.175 e. The fraction of sp³-hybridized carbons (Fsp3) is 0.400. The number of ether oxygens (including phenoxy) is 2. The minimum Gasteiger partial charge on any atom is -0.490 e. The molecule has 0 atom stereocenters. The Labute approximate surface area is 163 Å². The summed E-state index contributed by atoms with van der Waals surface area (Å²) in [5.41, 5.74) is 2.23. The first-order valence-corrected chi connectivity index (χ1v) is 9.84. The Hall–Kier alpha value is -1.23. The molecule has 0 amide bonds. The Bertz CT molecular complexity index is 661. The van der Waals surface area contributed by atoms with Gasteiger partial charge in [-0.1, -0.05) is 37.1 Å². The number of benzene rings is 2. The molecule has 136 valence electrons. The molecule has 0 bridgehead atoms. The summed E-state index contributed by atoms with van der Waals surface area (Å²) in [5.74, 6) is 1.49. The van der Waals surface area contributed by atoms with E-state index in [0.29, 0.717) is 13.2 Å². The van der Waals surface area contributed by atoms with Crippen LogP contribution in [-0.2, 0) is 13.2 Å². The van der Waals surface area contributed by atoms with Crippen molar-refractivity contribution in [3.8, 4) is 11.5 Å². The van der Waals surface area contributed by atoms with Crippen LogP contribution in [0.1, 0.15) is 37.8 Å². The molecule has 0 aliphatic carbocycles. The first-order valence-electron chi connectivity index (χ1n) is 8.67. The van der Waals surface area contributed by atoms with E-state index in [1.54, 1.807) is 0 Å². The molecule has 0 spiro atoms. The van der Waals surface area contributed by atoms with E-state index in [2.05, 4.69) is 34.2 Å². The van der Waals surface area contributed by atoms with Crippen molar-refractivity contribution in [2.45, 2.75) is 39.8 Å². The molecule has 0 fully saturated rings. The van der Waals surface area contributed by atoms with Gasteiger partial charge in [-0.2, -0.15) is 0 Å². The summed E-state index contributed by atoms with van der Waals surface area (Å²) >= 11 is 9.55. The van der Waals surface area contributed by atoms with Crippen LogP contribution < -0.4 is 14.8 Å². The third-order valence-corrected chi connectivity index (χ3v) is 4.54. The van der Waals surface area contributed by atoms with Crippen LogP contribution in [0.2, 0.25) is 5.02 Å². The van der Waals surface area contributed by atoms with Crippen molar-refractivity contribution < 1.29 is 9.47 Å². The summed E-state index contributed by atoms with van der Waals surface area (Å²) in [4.78, 5) is 0. The molecule has 2 aromatic rings. The lowest BCUT2D eigenvalue weighted by Crippen LogP contribution is -2.14. The fourth-order valence-corrected chi connectivity index (χ4v) is 3.13. The van der Waals surface area contributed by atoms with Crippen LogP contribution in [0.15, 0.2) is 40.9 Å². The molecule has 2 rings (SSSR count). The van der Waals surface area contributed by atoms with E-state index in [0.717, 1.165) is 39.6 Å². The second kappa shape index (κ2) is 10.7. The molecule has 25 heavy (non-hydrogen) atoms. The maximum absolute atomic E-state index is 6.01. The van der Waals surface area contributed by atoms with E-state index < -0.39 is 0 Å². The minimum absolute atomic E-state index is 0.462. The highest BCUT2D eigenvalue weighted by molar-refractivity contribution is 9.10. The first-order chi connectivity index (χ1) is 12.1. The Balaban J connectivity index is 2.08. The lowest BCUT2D eigenvalue weighted by molar-refractivity contribution is 0.267. The van der Waals surface area contributed by atoms with Crippen molar-refractivity contribution >= 4 is 27.5 Å². The summed E-state index contributed by atoms with van der Waals surface area (Å²) in [6, 6.07) is 11.8. The van der Waals surface area contributed by atoms with Crippen molar-refractivity contribution in [3.05, 3.63) is 57.0 Å². The van der Waals surface area contributed by atoms with Gasteiger partial charge in [-0.3, -0.25) is 0 Å². The number of rotatable bonds is 10. The van der Waals surface area contributed by atoms with Crippen LogP contribution >= 0.6 is 27.5 Å². The Morgan fingerprint density at radius 3 is 2.48 bits per heavy atom. The molecule has 0 heterocycles. The number of halogens is 2. The lowest BCUT2D eigenvalue weighted by atomic mass is 10.2. The monoisotopic (exact) mass is 425 g/mol. The third-order valence-electron chi connectivity index (χ3n) is 3.70. The predicted octanol–water partition coefficient (Wildman–Crippen LogP) is 5.97. The van der Waals surface area contributed by atoms with E-state index in [-0.39, 0.29) is 0 Å². The number of hydrogen-bond acceptors (Lipinski definition) is 3. The zero-order valence-corrected chi connectivity index (χ0v) is 17.1. The van der Waals surface area contributed by atoms with Gasteiger partial charge in [-0.05, 0) is 71.2 Å². The van der Waals surface area contributed by atoms with Crippen molar-refractivity contribution in [2.24, 2.45) is 0 Å². The molecule has 0 aromatic heterocycles. The number of unbranched alkanes of at least 4 members (excludes halogenated alkanes) is 1. The van der Waals surface area contributed by atoms with Crippen molar-refractivity contribution in [3.63, 3.8) is 0 Å². The summed E-state index contributed by atoms with van der Waals surface area (Å²) in [7, 11) is 0. The molecular weight excluding hydrogens is 402 g/mol. The van der Waals surface area contributed by atoms with Crippen LogP contribution in [0.3, 0.4) is 0 Å². The average molecular weight is 427 g/mol. The lowest BCUT2D eigenvalue weighted by Gasteiger charge is -2.16. The summed E-state index contributed by atoms with van der Waals surface area (Å²) < 4.78 is 12.7. The smallest absolute Gasteiger partial charge is 0.175 e. The summed E-state index contributed by atoms with van der Waals surface area (Å²) in [6.45, 7) is 7.06. The molecule has 0 saturated carbocycles. The van der Waals surface area contributed by atoms with Gasteiger partial charge < -0.3 is 14.8 Å². The zero-order chi connectivity index (χ0) is 18.1. The van der Waals surface area contributed by atoms with E-state index in [4.69, 9.17) is 21.1 Å². The third kappa shape index (κ3) is 6.53. The summed E-state index contributed by atoms with van der Waals surface area (Å²) in [5, 5.41) is 4.17. The van der Waals surface area contributed by atoms with Crippen LogP contribution in [-0.4, -0.2) is 13.2 Å². The Morgan fingerprint density at radius 1 is 1.04 bits per heavy atom. The largest absolute Gasteiger partial charge is 0.490 e. The van der Waals surface area contributed by atoms with Crippen LogP contribution in [0.25, 0.3) is 0 Å². The van der Waals surface area contributed by atoms with E-state index in [9.17, 15) is 0 Å². The quantitative estimate of drug-likeness (QED) is 0.475. The van der Waals surface area contributed by atoms with Gasteiger partial charge in [-0.15, -0.1) is 0 Å². The van der Waals surface area contributed by atoms with Gasteiger partial charge in [0.05, 0.1) is 11.1 Å². The summed E-state index contributed by atoms with van der Waals surface area (Å²) in [6.07, 6.45) is 2.38. The molecule has 5 heteroatoms. The van der Waals surface area contributed by atoms with Gasteiger partial charge in [0, 0.05) is 11.6 Å². The first kappa shape index (κ1) is 20.1.